The minimum Gasteiger partial charge on any atom is -0.330 e. The van der Waals surface area contributed by atoms with E-state index in [4.69, 9.17) is 5.73 Å². The molecule has 2 N–H and O–H groups in total. The molecule has 0 aliphatic carbocycles. The summed E-state index contributed by atoms with van der Waals surface area (Å²) in [5.74, 6) is 2.04. The molecule has 1 unspecified atom stereocenters. The number of hydrogen-bond donors (Lipinski definition) is 1. The van der Waals surface area contributed by atoms with E-state index < -0.39 is 0 Å². The lowest BCUT2D eigenvalue weighted by Crippen LogP contribution is -2.12. The summed E-state index contributed by atoms with van der Waals surface area (Å²) in [4.78, 5) is 0. The van der Waals surface area contributed by atoms with Gasteiger partial charge in [0, 0.05) is 10.2 Å². The van der Waals surface area contributed by atoms with Gasteiger partial charge in [-0.05, 0) is 42.0 Å². The fourth-order valence-electron chi connectivity index (χ4n) is 1.09. The highest BCUT2D eigenvalue weighted by molar-refractivity contribution is 9.10. The molecule has 0 aliphatic rings. The van der Waals surface area contributed by atoms with E-state index in [9.17, 15) is 4.39 Å². The van der Waals surface area contributed by atoms with Crippen LogP contribution in [-0.2, 0) is 5.75 Å². The van der Waals surface area contributed by atoms with Crippen LogP contribution in [0.2, 0.25) is 0 Å². The van der Waals surface area contributed by atoms with E-state index in [2.05, 4.69) is 22.9 Å². The monoisotopic (exact) mass is 291 g/mol. The topological polar surface area (TPSA) is 26.0 Å². The Labute approximate surface area is 103 Å². The number of thioether (sulfide) groups is 1. The van der Waals surface area contributed by atoms with Crippen LogP contribution >= 0.6 is 27.7 Å². The predicted octanol–water partition coefficient (Wildman–Crippen LogP) is 3.42. The zero-order chi connectivity index (χ0) is 11.3. The molecule has 1 rings (SSSR count). The molecule has 1 aromatic carbocycles. The van der Waals surface area contributed by atoms with Gasteiger partial charge in [0.1, 0.15) is 5.82 Å². The molecule has 0 bridgehead atoms. The molecule has 15 heavy (non-hydrogen) atoms. The van der Waals surface area contributed by atoms with Gasteiger partial charge in [0.25, 0.3) is 0 Å². The Morgan fingerprint density at radius 1 is 1.53 bits per heavy atom. The largest absolute Gasteiger partial charge is 0.330 e. The maximum absolute atomic E-state index is 13.3. The molecule has 0 fully saturated rings. The van der Waals surface area contributed by atoms with Gasteiger partial charge in [-0.2, -0.15) is 11.8 Å². The van der Waals surface area contributed by atoms with E-state index in [-0.39, 0.29) is 5.82 Å². The van der Waals surface area contributed by atoms with Gasteiger partial charge >= 0.3 is 0 Å². The molecule has 1 atom stereocenters. The van der Waals surface area contributed by atoms with Gasteiger partial charge in [0.15, 0.2) is 0 Å². The van der Waals surface area contributed by atoms with Crippen molar-refractivity contribution in [3.05, 3.63) is 34.1 Å². The van der Waals surface area contributed by atoms with Gasteiger partial charge in [-0.1, -0.05) is 22.9 Å². The van der Waals surface area contributed by atoms with Crippen LogP contribution in [0.15, 0.2) is 22.7 Å². The summed E-state index contributed by atoms with van der Waals surface area (Å²) in [7, 11) is 0. The standard InChI is InChI=1S/C11H15BrFNS/c1-8(5-14)6-15-7-9-4-10(12)2-3-11(9)13/h2-4,8H,5-7,14H2,1H3. The van der Waals surface area contributed by atoms with E-state index in [0.717, 1.165) is 15.8 Å². The number of hydrogen-bond acceptors (Lipinski definition) is 2. The molecular formula is C11H15BrFNS. The second-order valence-electron chi connectivity index (χ2n) is 3.59. The Bertz CT molecular complexity index is 319. The van der Waals surface area contributed by atoms with Gasteiger partial charge in [0.2, 0.25) is 0 Å². The van der Waals surface area contributed by atoms with E-state index in [1.165, 1.54) is 6.07 Å². The SMILES string of the molecule is CC(CN)CSCc1cc(Br)ccc1F. The number of halogens is 2. The maximum atomic E-state index is 13.3. The first-order chi connectivity index (χ1) is 7.13. The summed E-state index contributed by atoms with van der Waals surface area (Å²) < 4.78 is 14.2. The van der Waals surface area contributed by atoms with Crippen molar-refractivity contribution in [1.82, 2.24) is 0 Å². The summed E-state index contributed by atoms with van der Waals surface area (Å²) in [5.41, 5.74) is 6.26. The molecule has 0 amide bonds. The van der Waals surface area contributed by atoms with Crippen molar-refractivity contribution in [3.8, 4) is 0 Å². The quantitative estimate of drug-likeness (QED) is 0.900. The predicted molar refractivity (Wildman–Crippen MR) is 68.5 cm³/mol. The molecule has 0 aliphatic heterocycles. The van der Waals surface area contributed by atoms with Crippen LogP contribution in [0.3, 0.4) is 0 Å². The van der Waals surface area contributed by atoms with Gasteiger partial charge < -0.3 is 5.73 Å². The number of benzene rings is 1. The average Bonchev–Trinajstić information content (AvgIpc) is 2.23. The summed E-state index contributed by atoms with van der Waals surface area (Å²) in [6, 6.07) is 5.04. The minimum absolute atomic E-state index is 0.133. The molecule has 84 valence electrons. The van der Waals surface area contributed by atoms with Crippen molar-refractivity contribution >= 4 is 27.7 Å². The molecule has 4 heteroatoms. The molecule has 0 saturated carbocycles. The molecular weight excluding hydrogens is 277 g/mol. The third-order valence-electron chi connectivity index (χ3n) is 2.07. The summed E-state index contributed by atoms with van der Waals surface area (Å²) in [6.07, 6.45) is 0. The van der Waals surface area contributed by atoms with Crippen molar-refractivity contribution < 1.29 is 4.39 Å². The highest BCUT2D eigenvalue weighted by Gasteiger charge is 2.04. The fraction of sp³-hybridized carbons (Fsp3) is 0.455. The first-order valence-corrected chi connectivity index (χ1v) is 6.80. The fourth-order valence-corrected chi connectivity index (χ4v) is 2.60. The third-order valence-corrected chi connectivity index (χ3v) is 3.88. The van der Waals surface area contributed by atoms with Crippen LogP contribution in [0.5, 0.6) is 0 Å². The van der Waals surface area contributed by atoms with Crippen LogP contribution in [0.4, 0.5) is 4.39 Å². The van der Waals surface area contributed by atoms with Crippen LogP contribution in [-0.4, -0.2) is 12.3 Å². The Balaban J connectivity index is 2.46. The minimum atomic E-state index is -0.133. The number of nitrogens with two attached hydrogens (primary N) is 1. The van der Waals surface area contributed by atoms with E-state index in [1.54, 1.807) is 17.8 Å². The van der Waals surface area contributed by atoms with Crippen LogP contribution in [0.25, 0.3) is 0 Å². The number of rotatable bonds is 5. The van der Waals surface area contributed by atoms with Gasteiger partial charge in [-0.3, -0.25) is 0 Å². The van der Waals surface area contributed by atoms with Crippen LogP contribution in [0, 0.1) is 11.7 Å². The van der Waals surface area contributed by atoms with Crippen molar-refractivity contribution in [2.24, 2.45) is 11.7 Å². The highest BCUT2D eigenvalue weighted by Crippen LogP contribution is 2.21. The Morgan fingerprint density at radius 3 is 2.93 bits per heavy atom. The van der Waals surface area contributed by atoms with Gasteiger partial charge in [-0.25, -0.2) is 4.39 Å². The lowest BCUT2D eigenvalue weighted by Gasteiger charge is -2.08. The third kappa shape index (κ3) is 4.53. The first-order valence-electron chi connectivity index (χ1n) is 4.85. The molecule has 0 radical (unpaired) electrons. The van der Waals surface area contributed by atoms with E-state index in [0.29, 0.717) is 18.2 Å². The molecule has 1 nitrogen and oxygen atoms in total. The van der Waals surface area contributed by atoms with Gasteiger partial charge in [0.05, 0.1) is 0 Å². The maximum Gasteiger partial charge on any atom is 0.127 e. The lowest BCUT2D eigenvalue weighted by atomic mass is 10.2. The molecule has 0 aromatic heterocycles. The Morgan fingerprint density at radius 2 is 2.27 bits per heavy atom. The second-order valence-corrected chi connectivity index (χ2v) is 5.54. The van der Waals surface area contributed by atoms with Crippen molar-refractivity contribution in [3.63, 3.8) is 0 Å². The van der Waals surface area contributed by atoms with Crippen molar-refractivity contribution in [2.75, 3.05) is 12.3 Å². The second kappa shape index (κ2) is 6.51. The molecule has 0 heterocycles. The van der Waals surface area contributed by atoms with E-state index in [1.807, 2.05) is 6.07 Å². The zero-order valence-electron chi connectivity index (χ0n) is 8.67. The smallest absolute Gasteiger partial charge is 0.127 e. The lowest BCUT2D eigenvalue weighted by molar-refractivity contribution is 0.616. The summed E-state index contributed by atoms with van der Waals surface area (Å²) in [6.45, 7) is 2.79. The van der Waals surface area contributed by atoms with Crippen LogP contribution in [0.1, 0.15) is 12.5 Å². The Hall–Kier alpha value is -0.0600. The molecule has 0 spiro atoms. The zero-order valence-corrected chi connectivity index (χ0v) is 11.1. The molecule has 0 saturated heterocycles. The normalized spacial score (nSPS) is 12.8. The molecule has 1 aromatic rings. The van der Waals surface area contributed by atoms with Gasteiger partial charge in [-0.15, -0.1) is 0 Å². The summed E-state index contributed by atoms with van der Waals surface area (Å²) in [5, 5.41) is 0. The van der Waals surface area contributed by atoms with Crippen LogP contribution < -0.4 is 5.73 Å². The highest BCUT2D eigenvalue weighted by atomic mass is 79.9. The average molecular weight is 292 g/mol. The Kier molecular flexibility index (Phi) is 5.64. The summed E-state index contributed by atoms with van der Waals surface area (Å²) >= 11 is 5.06. The first kappa shape index (κ1) is 13.0. The van der Waals surface area contributed by atoms with Crippen molar-refractivity contribution in [2.45, 2.75) is 12.7 Å². The van der Waals surface area contributed by atoms with E-state index >= 15 is 0 Å². The van der Waals surface area contributed by atoms with Crippen molar-refractivity contribution in [1.29, 1.82) is 0 Å².